The average molecular weight is 435 g/mol. The number of carbonyl (C=O) groups is 1. The molecule has 4 rings (SSSR count). The molecule has 0 bridgehead atoms. The minimum atomic E-state index is -0.0702. The molecule has 0 spiro atoms. The first-order valence-corrected chi connectivity index (χ1v) is 11.4. The van der Waals surface area contributed by atoms with Crippen LogP contribution >= 0.6 is 11.3 Å². The molecule has 2 aromatic heterocycles. The van der Waals surface area contributed by atoms with Crippen molar-refractivity contribution in [1.29, 1.82) is 0 Å². The number of rotatable bonds is 8. The van der Waals surface area contributed by atoms with Gasteiger partial charge in [0.15, 0.2) is 11.5 Å². The minimum Gasteiger partial charge on any atom is -0.490 e. The SMILES string of the molecule is CCOc1ccc(CCNC(=O)c2cc3cc4ccc(C)cc4nc3s2)cc1OCC. The highest BCUT2D eigenvalue weighted by molar-refractivity contribution is 7.20. The predicted molar refractivity (Wildman–Crippen MR) is 127 cm³/mol. The van der Waals surface area contributed by atoms with Gasteiger partial charge in [0.05, 0.1) is 23.6 Å². The van der Waals surface area contributed by atoms with Crippen molar-refractivity contribution in [3.05, 3.63) is 64.5 Å². The van der Waals surface area contributed by atoms with Crippen LogP contribution in [0.2, 0.25) is 0 Å². The van der Waals surface area contributed by atoms with E-state index < -0.39 is 0 Å². The molecular formula is C25H26N2O3S. The lowest BCUT2D eigenvalue weighted by Gasteiger charge is -2.12. The minimum absolute atomic E-state index is 0.0702. The molecular weight excluding hydrogens is 408 g/mol. The van der Waals surface area contributed by atoms with Crippen molar-refractivity contribution < 1.29 is 14.3 Å². The maximum absolute atomic E-state index is 12.7. The lowest BCUT2D eigenvalue weighted by Crippen LogP contribution is -2.24. The third-order valence-corrected chi connectivity index (χ3v) is 6.03. The number of nitrogens with one attached hydrogen (secondary N) is 1. The number of aryl methyl sites for hydroxylation is 1. The van der Waals surface area contributed by atoms with Crippen molar-refractivity contribution >= 4 is 38.4 Å². The van der Waals surface area contributed by atoms with Crippen LogP contribution in [-0.2, 0) is 6.42 Å². The van der Waals surface area contributed by atoms with Gasteiger partial charge in [0.1, 0.15) is 4.83 Å². The Labute approximate surface area is 186 Å². The summed E-state index contributed by atoms with van der Waals surface area (Å²) in [5.41, 5.74) is 3.23. The van der Waals surface area contributed by atoms with Gasteiger partial charge in [-0.25, -0.2) is 4.98 Å². The fourth-order valence-corrected chi connectivity index (χ4v) is 4.44. The molecule has 2 heterocycles. The molecule has 0 saturated heterocycles. The van der Waals surface area contributed by atoms with E-state index in [1.807, 2.05) is 38.1 Å². The summed E-state index contributed by atoms with van der Waals surface area (Å²) < 4.78 is 11.3. The summed E-state index contributed by atoms with van der Waals surface area (Å²) in [6.07, 6.45) is 0.713. The Hall–Kier alpha value is -3.12. The van der Waals surface area contributed by atoms with E-state index in [9.17, 15) is 4.79 Å². The Bertz CT molecular complexity index is 1230. The molecule has 160 valence electrons. The normalized spacial score (nSPS) is 11.1. The van der Waals surface area contributed by atoms with Crippen molar-refractivity contribution in [3.63, 3.8) is 0 Å². The van der Waals surface area contributed by atoms with E-state index in [0.29, 0.717) is 31.1 Å². The second-order valence-electron chi connectivity index (χ2n) is 7.34. The van der Waals surface area contributed by atoms with Crippen LogP contribution in [0.5, 0.6) is 11.5 Å². The number of carbonyl (C=O) groups excluding carboxylic acids is 1. The third-order valence-electron chi connectivity index (χ3n) is 4.99. The first kappa shape index (κ1) is 21.1. The second kappa shape index (κ2) is 9.35. The van der Waals surface area contributed by atoms with Crippen LogP contribution in [-0.4, -0.2) is 30.6 Å². The van der Waals surface area contributed by atoms with Gasteiger partial charge in [-0.05, 0) is 68.7 Å². The van der Waals surface area contributed by atoms with Crippen LogP contribution in [0, 0.1) is 6.92 Å². The lowest BCUT2D eigenvalue weighted by atomic mass is 10.1. The van der Waals surface area contributed by atoms with Crippen LogP contribution in [0.3, 0.4) is 0 Å². The number of amides is 1. The Kier molecular flexibility index (Phi) is 6.37. The summed E-state index contributed by atoms with van der Waals surface area (Å²) in [5.74, 6) is 1.42. The average Bonchev–Trinajstić information content (AvgIpc) is 3.17. The molecule has 0 radical (unpaired) electrons. The van der Waals surface area contributed by atoms with E-state index in [1.54, 1.807) is 0 Å². The van der Waals surface area contributed by atoms with Gasteiger partial charge in [-0.3, -0.25) is 4.79 Å². The summed E-state index contributed by atoms with van der Waals surface area (Å²) in [5, 5.41) is 5.11. The topological polar surface area (TPSA) is 60.5 Å². The quantitative estimate of drug-likeness (QED) is 0.396. The highest BCUT2D eigenvalue weighted by Crippen LogP contribution is 2.29. The third kappa shape index (κ3) is 4.80. The zero-order valence-electron chi connectivity index (χ0n) is 18.0. The summed E-state index contributed by atoms with van der Waals surface area (Å²) in [6.45, 7) is 7.67. The van der Waals surface area contributed by atoms with Crippen molar-refractivity contribution in [3.8, 4) is 11.5 Å². The van der Waals surface area contributed by atoms with E-state index in [1.165, 1.54) is 16.9 Å². The molecule has 5 nitrogen and oxygen atoms in total. The number of pyridine rings is 1. The second-order valence-corrected chi connectivity index (χ2v) is 8.37. The lowest BCUT2D eigenvalue weighted by molar-refractivity contribution is 0.0958. The van der Waals surface area contributed by atoms with Crippen LogP contribution in [0.1, 0.15) is 34.6 Å². The number of hydrogen-bond acceptors (Lipinski definition) is 5. The molecule has 4 aromatic rings. The molecule has 0 saturated carbocycles. The Morgan fingerprint density at radius 3 is 2.58 bits per heavy atom. The Morgan fingerprint density at radius 1 is 0.968 bits per heavy atom. The van der Waals surface area contributed by atoms with E-state index in [2.05, 4.69) is 36.5 Å². The van der Waals surface area contributed by atoms with Gasteiger partial charge in [0.25, 0.3) is 5.91 Å². The van der Waals surface area contributed by atoms with Crippen LogP contribution in [0.25, 0.3) is 21.1 Å². The molecule has 0 aliphatic heterocycles. The summed E-state index contributed by atoms with van der Waals surface area (Å²) in [6, 6.07) is 16.2. The highest BCUT2D eigenvalue weighted by Gasteiger charge is 2.12. The van der Waals surface area contributed by atoms with E-state index in [0.717, 1.165) is 38.2 Å². The largest absolute Gasteiger partial charge is 0.490 e. The maximum Gasteiger partial charge on any atom is 0.261 e. The van der Waals surface area contributed by atoms with Gasteiger partial charge in [-0.1, -0.05) is 18.2 Å². The molecule has 0 aliphatic rings. The number of ether oxygens (including phenoxy) is 2. The standard InChI is InChI=1S/C25H26N2O3S/c1-4-29-21-9-7-17(13-22(21)30-5-2)10-11-26-24(28)23-15-19-14-18-8-6-16(3)12-20(18)27-25(19)31-23/h6-9,12-15H,4-5,10-11H2,1-3H3,(H,26,28). The smallest absolute Gasteiger partial charge is 0.261 e. The summed E-state index contributed by atoms with van der Waals surface area (Å²) in [7, 11) is 0. The van der Waals surface area contributed by atoms with Gasteiger partial charge in [-0.2, -0.15) is 0 Å². The zero-order chi connectivity index (χ0) is 21.8. The van der Waals surface area contributed by atoms with E-state index in [4.69, 9.17) is 14.5 Å². The van der Waals surface area contributed by atoms with Gasteiger partial charge in [0.2, 0.25) is 0 Å². The summed E-state index contributed by atoms with van der Waals surface area (Å²) >= 11 is 1.43. The van der Waals surface area contributed by atoms with Crippen molar-refractivity contribution in [1.82, 2.24) is 10.3 Å². The molecule has 1 amide bonds. The van der Waals surface area contributed by atoms with Crippen LogP contribution < -0.4 is 14.8 Å². The number of benzene rings is 2. The summed E-state index contributed by atoms with van der Waals surface area (Å²) in [4.78, 5) is 19.0. The van der Waals surface area contributed by atoms with Crippen molar-refractivity contribution in [2.45, 2.75) is 27.2 Å². The van der Waals surface area contributed by atoms with Gasteiger partial charge in [0, 0.05) is 17.3 Å². The fraction of sp³-hybridized carbons (Fsp3) is 0.280. The van der Waals surface area contributed by atoms with E-state index in [-0.39, 0.29) is 5.91 Å². The monoisotopic (exact) mass is 434 g/mol. The van der Waals surface area contributed by atoms with Gasteiger partial charge >= 0.3 is 0 Å². The zero-order valence-corrected chi connectivity index (χ0v) is 18.8. The van der Waals surface area contributed by atoms with Crippen LogP contribution in [0.15, 0.2) is 48.5 Å². The molecule has 0 unspecified atom stereocenters. The first-order chi connectivity index (χ1) is 15.1. The Morgan fingerprint density at radius 2 is 1.77 bits per heavy atom. The molecule has 6 heteroatoms. The number of aromatic nitrogens is 1. The van der Waals surface area contributed by atoms with Crippen LogP contribution in [0.4, 0.5) is 0 Å². The number of hydrogen-bond donors (Lipinski definition) is 1. The van der Waals surface area contributed by atoms with Gasteiger partial charge in [-0.15, -0.1) is 11.3 Å². The highest BCUT2D eigenvalue weighted by atomic mass is 32.1. The van der Waals surface area contributed by atoms with E-state index >= 15 is 0 Å². The molecule has 2 aromatic carbocycles. The maximum atomic E-state index is 12.7. The fourth-order valence-electron chi connectivity index (χ4n) is 3.51. The predicted octanol–water partition coefficient (Wildman–Crippen LogP) is 5.53. The molecule has 0 atom stereocenters. The number of nitrogens with zero attached hydrogens (tertiary/aromatic N) is 1. The van der Waals surface area contributed by atoms with Crippen molar-refractivity contribution in [2.75, 3.05) is 19.8 Å². The number of fused-ring (bicyclic) bond motifs is 2. The Balaban J connectivity index is 1.43. The molecule has 0 aliphatic carbocycles. The first-order valence-electron chi connectivity index (χ1n) is 10.5. The molecule has 1 N–H and O–H groups in total. The van der Waals surface area contributed by atoms with Gasteiger partial charge < -0.3 is 14.8 Å². The van der Waals surface area contributed by atoms with Crippen molar-refractivity contribution in [2.24, 2.45) is 0 Å². The number of thiophene rings is 1. The molecule has 0 fully saturated rings. The molecule has 31 heavy (non-hydrogen) atoms.